The number of thioether (sulfide) groups is 1. The average Bonchev–Trinajstić information content (AvgIpc) is 3.28. The molecule has 0 saturated heterocycles. The molecule has 8 heteroatoms. The van der Waals surface area contributed by atoms with E-state index in [1.165, 1.54) is 11.1 Å². The van der Waals surface area contributed by atoms with Gasteiger partial charge in [0.25, 0.3) is 5.91 Å². The Kier molecular flexibility index (Phi) is 8.25. The third-order valence-corrected chi connectivity index (χ3v) is 7.20. The van der Waals surface area contributed by atoms with Crippen LogP contribution in [0.5, 0.6) is 5.75 Å². The van der Waals surface area contributed by atoms with E-state index in [2.05, 4.69) is 80.2 Å². The zero-order valence-corrected chi connectivity index (χ0v) is 22.3. The summed E-state index contributed by atoms with van der Waals surface area (Å²) < 4.78 is 8.32. The van der Waals surface area contributed by atoms with E-state index in [0.717, 1.165) is 33.1 Å². The second-order valence-corrected chi connectivity index (χ2v) is 9.85. The number of para-hydroxylation sites is 1. The van der Waals surface area contributed by atoms with Crippen molar-refractivity contribution in [2.75, 3.05) is 7.11 Å². The molecule has 0 aliphatic rings. The van der Waals surface area contributed by atoms with Crippen molar-refractivity contribution in [3.8, 4) is 11.4 Å². The van der Waals surface area contributed by atoms with Gasteiger partial charge in [0.2, 0.25) is 0 Å². The van der Waals surface area contributed by atoms with E-state index < -0.39 is 0 Å². The van der Waals surface area contributed by atoms with E-state index in [0.29, 0.717) is 17.1 Å². The van der Waals surface area contributed by atoms with E-state index in [9.17, 15) is 4.79 Å². The average molecular weight is 552 g/mol. The number of benzene rings is 3. The Balaban J connectivity index is 1.62. The van der Waals surface area contributed by atoms with Crippen LogP contribution >= 0.6 is 27.7 Å². The van der Waals surface area contributed by atoms with Crippen LogP contribution in [0.25, 0.3) is 5.69 Å². The minimum atomic E-state index is -0.174. The Morgan fingerprint density at radius 2 is 1.80 bits per heavy atom. The molecular formula is C27H27BrN4O2S. The molecule has 1 heterocycles. The van der Waals surface area contributed by atoms with E-state index in [-0.39, 0.29) is 12.5 Å². The maximum Gasteiger partial charge on any atom is 0.251 e. The van der Waals surface area contributed by atoms with Crippen LogP contribution in [0.3, 0.4) is 0 Å². The Labute approximate surface area is 218 Å². The predicted octanol–water partition coefficient (Wildman–Crippen LogP) is 6.13. The fourth-order valence-electron chi connectivity index (χ4n) is 3.79. The largest absolute Gasteiger partial charge is 0.497 e. The van der Waals surface area contributed by atoms with Gasteiger partial charge >= 0.3 is 0 Å². The van der Waals surface area contributed by atoms with Gasteiger partial charge < -0.3 is 10.1 Å². The van der Waals surface area contributed by atoms with Crippen LogP contribution in [0.4, 0.5) is 0 Å². The highest BCUT2D eigenvalue weighted by Gasteiger charge is 2.19. The van der Waals surface area contributed by atoms with Gasteiger partial charge in [0.15, 0.2) is 11.0 Å². The van der Waals surface area contributed by atoms with Gasteiger partial charge in [0.05, 0.1) is 19.3 Å². The summed E-state index contributed by atoms with van der Waals surface area (Å²) in [4.78, 5) is 12.8. The van der Waals surface area contributed by atoms with Crippen molar-refractivity contribution < 1.29 is 9.53 Å². The molecule has 4 rings (SSSR count). The van der Waals surface area contributed by atoms with Crippen molar-refractivity contribution >= 4 is 33.6 Å². The number of nitrogens with zero attached hydrogens (tertiary/aromatic N) is 3. The predicted molar refractivity (Wildman–Crippen MR) is 143 cm³/mol. The van der Waals surface area contributed by atoms with Crippen molar-refractivity contribution in [3.63, 3.8) is 0 Å². The molecule has 35 heavy (non-hydrogen) atoms. The summed E-state index contributed by atoms with van der Waals surface area (Å²) >= 11 is 5.12. The van der Waals surface area contributed by atoms with Crippen LogP contribution in [-0.2, 0) is 18.7 Å². The lowest BCUT2D eigenvalue weighted by atomic mass is 10.1. The van der Waals surface area contributed by atoms with Crippen molar-refractivity contribution in [2.45, 2.75) is 37.7 Å². The summed E-state index contributed by atoms with van der Waals surface area (Å²) in [5.74, 6) is 1.98. The molecule has 0 saturated carbocycles. The van der Waals surface area contributed by atoms with Gasteiger partial charge in [0.1, 0.15) is 5.75 Å². The third kappa shape index (κ3) is 5.94. The van der Waals surface area contributed by atoms with Crippen molar-refractivity contribution in [1.82, 2.24) is 20.1 Å². The smallest absolute Gasteiger partial charge is 0.251 e. The van der Waals surface area contributed by atoms with Gasteiger partial charge in [-0.2, -0.15) is 0 Å². The normalized spacial score (nSPS) is 10.9. The van der Waals surface area contributed by atoms with Crippen LogP contribution in [-0.4, -0.2) is 27.8 Å². The first-order valence-corrected chi connectivity index (χ1v) is 13.1. The highest BCUT2D eigenvalue weighted by Crippen LogP contribution is 2.29. The number of aromatic nitrogens is 3. The van der Waals surface area contributed by atoms with Crippen LogP contribution in [0.2, 0.25) is 0 Å². The van der Waals surface area contributed by atoms with Crippen molar-refractivity contribution in [2.24, 2.45) is 0 Å². The van der Waals surface area contributed by atoms with E-state index in [4.69, 9.17) is 4.74 Å². The Morgan fingerprint density at radius 3 is 2.49 bits per heavy atom. The van der Waals surface area contributed by atoms with Crippen molar-refractivity contribution in [3.05, 3.63) is 99.3 Å². The van der Waals surface area contributed by atoms with Gasteiger partial charge in [-0.1, -0.05) is 64.9 Å². The molecule has 0 unspecified atom stereocenters. The van der Waals surface area contributed by atoms with E-state index in [1.807, 2.05) is 12.1 Å². The molecule has 0 atom stereocenters. The summed E-state index contributed by atoms with van der Waals surface area (Å²) in [5.41, 5.74) is 5.18. The molecule has 180 valence electrons. The zero-order valence-electron chi connectivity index (χ0n) is 19.9. The van der Waals surface area contributed by atoms with Crippen LogP contribution < -0.4 is 10.1 Å². The summed E-state index contributed by atoms with van der Waals surface area (Å²) in [5, 5.41) is 12.8. The molecule has 0 fully saturated rings. The number of nitrogens with one attached hydrogen (secondary N) is 1. The van der Waals surface area contributed by atoms with Gasteiger partial charge in [-0.3, -0.25) is 9.36 Å². The number of ether oxygens (including phenoxy) is 1. The molecule has 4 aromatic rings. The number of carbonyl (C=O) groups is 1. The monoisotopic (exact) mass is 550 g/mol. The number of hydrogen-bond donors (Lipinski definition) is 1. The summed E-state index contributed by atoms with van der Waals surface area (Å²) in [6.45, 7) is 4.49. The van der Waals surface area contributed by atoms with E-state index >= 15 is 0 Å². The minimum absolute atomic E-state index is 0.174. The first-order chi connectivity index (χ1) is 17.0. The third-order valence-electron chi connectivity index (χ3n) is 5.67. The molecule has 6 nitrogen and oxygen atoms in total. The highest BCUT2D eigenvalue weighted by molar-refractivity contribution is 9.10. The Morgan fingerprint density at radius 1 is 1.06 bits per heavy atom. The number of aryl methyl sites for hydroxylation is 2. The first-order valence-electron chi connectivity index (χ1n) is 11.3. The number of rotatable bonds is 9. The fourth-order valence-corrected chi connectivity index (χ4v) is 4.97. The number of carbonyl (C=O) groups excluding carboxylic acids is 1. The summed E-state index contributed by atoms with van der Waals surface area (Å²) in [7, 11) is 1.60. The SMILES string of the molecule is CCc1cccc(C)c1-n1c(CNC(=O)c2ccc(OC)cc2)nnc1SCc1ccc(Br)cc1. The first kappa shape index (κ1) is 25.0. The number of amides is 1. The second-order valence-electron chi connectivity index (χ2n) is 8.00. The molecule has 0 aliphatic heterocycles. The number of hydrogen-bond acceptors (Lipinski definition) is 5. The summed E-state index contributed by atoms with van der Waals surface area (Å²) in [6.07, 6.45) is 0.879. The summed E-state index contributed by atoms with van der Waals surface area (Å²) in [6, 6.07) is 21.6. The lowest BCUT2D eigenvalue weighted by Crippen LogP contribution is -2.25. The molecule has 1 N–H and O–H groups in total. The topological polar surface area (TPSA) is 69.0 Å². The van der Waals surface area contributed by atoms with Gasteiger partial charge in [-0.25, -0.2) is 0 Å². The van der Waals surface area contributed by atoms with Crippen LogP contribution in [0, 0.1) is 6.92 Å². The standard InChI is InChI=1S/C27H27BrN4O2S/c1-4-20-7-5-6-18(2)25(20)32-24(16-29-26(33)21-10-14-23(34-3)15-11-21)30-31-27(32)35-17-19-8-12-22(28)13-9-19/h5-15H,4,16-17H2,1-3H3,(H,29,33). The second kappa shape index (κ2) is 11.6. The van der Waals surface area contributed by atoms with Crippen molar-refractivity contribution in [1.29, 1.82) is 0 Å². The Bertz CT molecular complexity index is 1300. The zero-order chi connectivity index (χ0) is 24.8. The molecular weight excluding hydrogens is 524 g/mol. The lowest BCUT2D eigenvalue weighted by Gasteiger charge is -2.17. The molecule has 0 spiro atoms. The van der Waals surface area contributed by atoms with Gasteiger partial charge in [-0.15, -0.1) is 10.2 Å². The molecule has 0 aliphatic carbocycles. The lowest BCUT2D eigenvalue weighted by molar-refractivity contribution is 0.0949. The highest BCUT2D eigenvalue weighted by atomic mass is 79.9. The van der Waals surface area contributed by atoms with Crippen LogP contribution in [0.1, 0.15) is 39.8 Å². The molecule has 3 aromatic carbocycles. The van der Waals surface area contributed by atoms with Gasteiger partial charge in [-0.05, 0) is 66.4 Å². The van der Waals surface area contributed by atoms with Gasteiger partial charge in [0, 0.05) is 15.8 Å². The molecule has 0 radical (unpaired) electrons. The molecule has 1 amide bonds. The maximum absolute atomic E-state index is 12.8. The van der Waals surface area contributed by atoms with Crippen LogP contribution in [0.15, 0.2) is 76.4 Å². The van der Waals surface area contributed by atoms with E-state index in [1.54, 1.807) is 43.1 Å². The quantitative estimate of drug-likeness (QED) is 0.254. The number of halogens is 1. The number of methoxy groups -OCH3 is 1. The Hall–Kier alpha value is -3.10. The molecule has 1 aromatic heterocycles. The minimum Gasteiger partial charge on any atom is -0.497 e. The molecule has 0 bridgehead atoms. The maximum atomic E-state index is 12.8. The fraction of sp³-hybridized carbons (Fsp3) is 0.222.